The summed E-state index contributed by atoms with van der Waals surface area (Å²) < 4.78 is 6.32. The number of hydrogen-bond acceptors (Lipinski definition) is 3. The Labute approximate surface area is 182 Å². The lowest BCUT2D eigenvalue weighted by Gasteiger charge is -2.14. The van der Waals surface area contributed by atoms with Crippen molar-refractivity contribution in [2.24, 2.45) is 0 Å². The monoisotopic (exact) mass is 406 g/mol. The Balaban J connectivity index is 1.68. The summed E-state index contributed by atoms with van der Waals surface area (Å²) in [5.74, 6) is 1.16. The molecule has 3 nitrogen and oxygen atoms in total. The molecule has 5 aromatic rings. The molecule has 6 rings (SSSR count). The molecule has 3 aromatic heterocycles. The highest BCUT2D eigenvalue weighted by atomic mass is 16.3. The molecule has 1 fully saturated rings. The molecule has 2 aromatic carbocycles. The molecule has 0 unspecified atom stereocenters. The van der Waals surface area contributed by atoms with E-state index in [0.717, 1.165) is 33.3 Å². The van der Waals surface area contributed by atoms with Crippen LogP contribution in [0.3, 0.4) is 0 Å². The van der Waals surface area contributed by atoms with Crippen LogP contribution in [-0.4, -0.2) is 9.97 Å². The fraction of sp³-hybridized carbons (Fsp3) is 0.286. The summed E-state index contributed by atoms with van der Waals surface area (Å²) >= 11 is 0. The maximum absolute atomic E-state index is 6.32. The Morgan fingerprint density at radius 1 is 0.903 bits per heavy atom. The number of fused-ring (bicyclic) bond motifs is 4. The van der Waals surface area contributed by atoms with Gasteiger partial charge in [-0.2, -0.15) is 0 Å². The van der Waals surface area contributed by atoms with Crippen LogP contribution in [0.2, 0.25) is 0 Å². The quantitative estimate of drug-likeness (QED) is 0.307. The third kappa shape index (κ3) is 2.95. The fourth-order valence-electron chi connectivity index (χ4n) is 4.75. The second-order valence-corrected chi connectivity index (χ2v) is 9.39. The number of pyridine rings is 2. The van der Waals surface area contributed by atoms with Crippen LogP contribution in [-0.2, 0) is 0 Å². The first-order chi connectivity index (χ1) is 15.0. The van der Waals surface area contributed by atoms with Gasteiger partial charge < -0.3 is 4.42 Å². The van der Waals surface area contributed by atoms with Crippen molar-refractivity contribution < 1.29 is 4.42 Å². The van der Waals surface area contributed by atoms with Crippen LogP contribution < -0.4 is 0 Å². The van der Waals surface area contributed by atoms with Crippen LogP contribution >= 0.6 is 0 Å². The number of aryl methyl sites for hydroxylation is 2. The second kappa shape index (κ2) is 6.65. The zero-order chi connectivity index (χ0) is 21.3. The standard InChI is InChI=1S/C28H26N2O/c1-15(2)19-8-10-20-22(13-19)25(18-6-7-18)14-29-26(20)24-12-16(3)11-23-21-9-5-17(4)30-28(21)31-27(23)24/h5,8-15,18H,6-7H2,1-4H3. The van der Waals surface area contributed by atoms with Gasteiger partial charge in [0.05, 0.1) is 5.69 Å². The van der Waals surface area contributed by atoms with E-state index in [9.17, 15) is 0 Å². The SMILES string of the molecule is Cc1cc(-c2ncc(C3CC3)c3cc(C(C)C)ccc23)c2oc3nc(C)ccc3c2c1. The Bertz CT molecular complexity index is 1490. The molecular formula is C28H26N2O. The zero-order valence-electron chi connectivity index (χ0n) is 18.5. The predicted molar refractivity (Wildman–Crippen MR) is 128 cm³/mol. The lowest BCUT2D eigenvalue weighted by Crippen LogP contribution is -1.95. The van der Waals surface area contributed by atoms with Gasteiger partial charge in [0, 0.05) is 33.6 Å². The van der Waals surface area contributed by atoms with E-state index in [2.05, 4.69) is 68.4 Å². The van der Waals surface area contributed by atoms with Crippen LogP contribution in [0.15, 0.2) is 53.1 Å². The van der Waals surface area contributed by atoms with E-state index in [1.807, 2.05) is 13.0 Å². The van der Waals surface area contributed by atoms with E-state index < -0.39 is 0 Å². The van der Waals surface area contributed by atoms with Crippen LogP contribution in [0.5, 0.6) is 0 Å². The van der Waals surface area contributed by atoms with Gasteiger partial charge in [-0.3, -0.25) is 4.98 Å². The number of aromatic nitrogens is 2. The lowest BCUT2D eigenvalue weighted by atomic mass is 9.93. The van der Waals surface area contributed by atoms with Gasteiger partial charge in [-0.1, -0.05) is 32.0 Å². The first-order valence-corrected chi connectivity index (χ1v) is 11.2. The Morgan fingerprint density at radius 3 is 2.48 bits per heavy atom. The van der Waals surface area contributed by atoms with Gasteiger partial charge in [-0.25, -0.2) is 4.98 Å². The van der Waals surface area contributed by atoms with Crippen molar-refractivity contribution in [2.45, 2.75) is 52.4 Å². The first kappa shape index (κ1) is 18.6. The molecule has 154 valence electrons. The smallest absolute Gasteiger partial charge is 0.227 e. The van der Waals surface area contributed by atoms with E-state index >= 15 is 0 Å². The zero-order valence-corrected chi connectivity index (χ0v) is 18.5. The molecule has 1 aliphatic carbocycles. The van der Waals surface area contributed by atoms with E-state index in [1.165, 1.54) is 40.3 Å². The second-order valence-electron chi connectivity index (χ2n) is 9.39. The topological polar surface area (TPSA) is 38.9 Å². The maximum atomic E-state index is 6.32. The van der Waals surface area contributed by atoms with Gasteiger partial charge in [0.25, 0.3) is 0 Å². The molecular weight excluding hydrogens is 380 g/mol. The normalized spacial score (nSPS) is 14.4. The minimum Gasteiger partial charge on any atom is -0.437 e. The summed E-state index contributed by atoms with van der Waals surface area (Å²) in [6, 6.07) is 15.5. The van der Waals surface area contributed by atoms with E-state index in [0.29, 0.717) is 17.5 Å². The Hall–Kier alpha value is -3.20. The molecule has 3 heteroatoms. The molecule has 31 heavy (non-hydrogen) atoms. The summed E-state index contributed by atoms with van der Waals surface area (Å²) in [5.41, 5.74) is 8.56. The highest BCUT2D eigenvalue weighted by Crippen LogP contribution is 2.45. The summed E-state index contributed by atoms with van der Waals surface area (Å²) in [6.45, 7) is 8.65. The number of furan rings is 1. The van der Waals surface area contributed by atoms with Crippen molar-refractivity contribution >= 4 is 32.8 Å². The number of nitrogens with zero attached hydrogens (tertiary/aromatic N) is 2. The van der Waals surface area contributed by atoms with Gasteiger partial charge in [-0.05, 0) is 84.9 Å². The van der Waals surface area contributed by atoms with Crippen molar-refractivity contribution in [3.05, 3.63) is 71.0 Å². The molecule has 1 aliphatic rings. The molecule has 1 saturated carbocycles. The number of hydrogen-bond donors (Lipinski definition) is 0. The first-order valence-electron chi connectivity index (χ1n) is 11.2. The summed E-state index contributed by atoms with van der Waals surface area (Å²) in [6.07, 6.45) is 4.65. The minimum atomic E-state index is 0.503. The summed E-state index contributed by atoms with van der Waals surface area (Å²) in [5, 5.41) is 4.73. The largest absolute Gasteiger partial charge is 0.437 e. The lowest BCUT2D eigenvalue weighted by molar-refractivity contribution is 0.653. The predicted octanol–water partition coefficient (Wildman–Crippen LogP) is 7.81. The molecule has 0 saturated heterocycles. The van der Waals surface area contributed by atoms with Gasteiger partial charge in [-0.15, -0.1) is 0 Å². The van der Waals surface area contributed by atoms with Gasteiger partial charge >= 0.3 is 0 Å². The van der Waals surface area contributed by atoms with Crippen LogP contribution in [0.1, 0.15) is 60.9 Å². The fourth-order valence-corrected chi connectivity index (χ4v) is 4.75. The Morgan fingerprint density at radius 2 is 1.71 bits per heavy atom. The highest BCUT2D eigenvalue weighted by molar-refractivity contribution is 6.11. The molecule has 0 atom stereocenters. The molecule has 0 aliphatic heterocycles. The van der Waals surface area contributed by atoms with Crippen molar-refractivity contribution in [3.8, 4) is 11.3 Å². The molecule has 0 radical (unpaired) electrons. The number of benzene rings is 2. The van der Waals surface area contributed by atoms with E-state index in [4.69, 9.17) is 9.40 Å². The van der Waals surface area contributed by atoms with Crippen molar-refractivity contribution in [1.29, 1.82) is 0 Å². The molecule has 0 amide bonds. The third-order valence-electron chi connectivity index (χ3n) is 6.60. The van der Waals surface area contributed by atoms with Crippen LogP contribution in [0, 0.1) is 13.8 Å². The minimum absolute atomic E-state index is 0.503. The summed E-state index contributed by atoms with van der Waals surface area (Å²) in [7, 11) is 0. The van der Waals surface area contributed by atoms with E-state index in [1.54, 1.807) is 0 Å². The molecule has 0 spiro atoms. The highest BCUT2D eigenvalue weighted by Gasteiger charge is 2.27. The average molecular weight is 407 g/mol. The summed E-state index contributed by atoms with van der Waals surface area (Å²) in [4.78, 5) is 9.64. The van der Waals surface area contributed by atoms with Crippen LogP contribution in [0.25, 0.3) is 44.1 Å². The molecule has 3 heterocycles. The maximum Gasteiger partial charge on any atom is 0.227 e. The van der Waals surface area contributed by atoms with Crippen molar-refractivity contribution in [1.82, 2.24) is 9.97 Å². The average Bonchev–Trinajstić information content (AvgIpc) is 3.53. The van der Waals surface area contributed by atoms with Gasteiger partial charge in [0.2, 0.25) is 5.71 Å². The number of rotatable bonds is 3. The molecule has 0 bridgehead atoms. The van der Waals surface area contributed by atoms with Gasteiger partial charge in [0.15, 0.2) is 0 Å². The molecule has 0 N–H and O–H groups in total. The van der Waals surface area contributed by atoms with E-state index in [-0.39, 0.29) is 0 Å². The van der Waals surface area contributed by atoms with Crippen molar-refractivity contribution in [2.75, 3.05) is 0 Å². The Kier molecular flexibility index (Phi) is 3.98. The van der Waals surface area contributed by atoms with Crippen LogP contribution in [0.4, 0.5) is 0 Å². The van der Waals surface area contributed by atoms with Gasteiger partial charge in [0.1, 0.15) is 5.58 Å². The van der Waals surface area contributed by atoms with Crippen molar-refractivity contribution in [3.63, 3.8) is 0 Å². The third-order valence-corrected chi connectivity index (χ3v) is 6.60.